The van der Waals surface area contributed by atoms with Crippen LogP contribution in [0.3, 0.4) is 0 Å². The summed E-state index contributed by atoms with van der Waals surface area (Å²) in [4.78, 5) is 35.6. The van der Waals surface area contributed by atoms with Gasteiger partial charge in [-0.1, -0.05) is 17.7 Å². The number of fused-ring (bicyclic) bond motifs is 1. The topological polar surface area (TPSA) is 89.3 Å². The largest absolute Gasteiger partial charge is 0.444 e. The lowest BCUT2D eigenvalue weighted by molar-refractivity contribution is 0.0130. The third-order valence-corrected chi connectivity index (χ3v) is 6.91. The van der Waals surface area contributed by atoms with Crippen LogP contribution in [0.25, 0.3) is 28.0 Å². The molecule has 1 aromatic carbocycles. The molecular formula is C28H32ClN7O2. The standard InChI is InChI=1S/C28H32ClN7O2/c1-17-14-35(27(37)38-28(4,5)6)18(2)13-34(17)25-23-22(24-19(3)30-10-11-31-24)15-36(26(23)33-16-32-25)21-9-7-8-20(29)12-21/h7-12,15-18H,13-14H2,1-6H3/t17-,18+/m0/s1. The van der Waals surface area contributed by atoms with Gasteiger partial charge in [-0.25, -0.2) is 14.8 Å². The molecule has 0 aliphatic carbocycles. The Hall–Kier alpha value is -3.72. The van der Waals surface area contributed by atoms with E-state index in [1.54, 1.807) is 23.6 Å². The molecule has 0 N–H and O–H groups in total. The Labute approximate surface area is 227 Å². The average Bonchev–Trinajstić information content (AvgIpc) is 3.24. The molecule has 3 aromatic heterocycles. The van der Waals surface area contributed by atoms with E-state index in [9.17, 15) is 4.79 Å². The molecule has 0 saturated carbocycles. The van der Waals surface area contributed by atoms with E-state index in [4.69, 9.17) is 26.3 Å². The zero-order chi connectivity index (χ0) is 27.2. The maximum absolute atomic E-state index is 12.9. The van der Waals surface area contributed by atoms with Gasteiger partial charge in [-0.2, -0.15) is 0 Å². The van der Waals surface area contributed by atoms with Crippen LogP contribution in [0.4, 0.5) is 10.6 Å². The van der Waals surface area contributed by atoms with Crippen molar-refractivity contribution in [2.75, 3.05) is 18.0 Å². The molecule has 0 unspecified atom stereocenters. The lowest BCUT2D eigenvalue weighted by atomic mass is 10.1. The maximum atomic E-state index is 12.9. The van der Waals surface area contributed by atoms with Crippen molar-refractivity contribution in [3.8, 4) is 16.9 Å². The summed E-state index contributed by atoms with van der Waals surface area (Å²) in [5.41, 5.74) is 3.53. The number of carbonyl (C=O) groups excluding carboxylic acids is 1. The SMILES string of the molecule is Cc1nccnc1-c1cn(-c2cccc(Cl)c2)c2ncnc(N3C[C@@H](C)N(C(=O)OC(C)(C)C)C[C@@H]3C)c12. The van der Waals surface area contributed by atoms with Gasteiger partial charge in [0.2, 0.25) is 0 Å². The summed E-state index contributed by atoms with van der Waals surface area (Å²) in [5.74, 6) is 0.791. The smallest absolute Gasteiger partial charge is 0.410 e. The number of hydrogen-bond donors (Lipinski definition) is 0. The highest BCUT2D eigenvalue weighted by Gasteiger charge is 2.36. The van der Waals surface area contributed by atoms with Crippen LogP contribution >= 0.6 is 11.6 Å². The van der Waals surface area contributed by atoms with Crippen molar-refractivity contribution in [3.05, 3.63) is 59.9 Å². The number of carbonyl (C=O) groups is 1. The molecular weight excluding hydrogens is 502 g/mol. The zero-order valence-corrected chi connectivity index (χ0v) is 23.3. The molecule has 1 aliphatic rings. The lowest BCUT2D eigenvalue weighted by Crippen LogP contribution is -2.59. The first kappa shape index (κ1) is 25.9. The van der Waals surface area contributed by atoms with Gasteiger partial charge in [0.05, 0.1) is 16.8 Å². The first-order valence-corrected chi connectivity index (χ1v) is 13.1. The molecule has 0 radical (unpaired) electrons. The average molecular weight is 534 g/mol. The highest BCUT2D eigenvalue weighted by molar-refractivity contribution is 6.30. The molecule has 2 atom stereocenters. The lowest BCUT2D eigenvalue weighted by Gasteiger charge is -2.44. The molecule has 38 heavy (non-hydrogen) atoms. The van der Waals surface area contributed by atoms with E-state index in [0.29, 0.717) is 18.1 Å². The Morgan fingerprint density at radius 2 is 1.82 bits per heavy atom. The molecule has 1 fully saturated rings. The zero-order valence-electron chi connectivity index (χ0n) is 22.5. The third kappa shape index (κ3) is 4.90. The molecule has 198 valence electrons. The van der Waals surface area contributed by atoms with E-state index in [1.165, 1.54) is 0 Å². The van der Waals surface area contributed by atoms with E-state index >= 15 is 0 Å². The number of hydrogen-bond acceptors (Lipinski definition) is 7. The first-order chi connectivity index (χ1) is 18.0. The van der Waals surface area contributed by atoms with E-state index in [-0.39, 0.29) is 18.2 Å². The third-order valence-electron chi connectivity index (χ3n) is 6.67. The molecule has 1 saturated heterocycles. The summed E-state index contributed by atoms with van der Waals surface area (Å²) in [5, 5.41) is 1.51. The van der Waals surface area contributed by atoms with Crippen LogP contribution in [-0.4, -0.2) is 66.3 Å². The van der Waals surface area contributed by atoms with Crippen LogP contribution in [-0.2, 0) is 4.74 Å². The Kier molecular flexibility index (Phi) is 6.73. The van der Waals surface area contributed by atoms with Crippen molar-refractivity contribution in [2.45, 2.75) is 59.2 Å². The molecule has 10 heteroatoms. The minimum absolute atomic E-state index is 0.0119. The predicted octanol–water partition coefficient (Wildman–Crippen LogP) is 5.67. The van der Waals surface area contributed by atoms with Gasteiger partial charge in [-0.3, -0.25) is 9.97 Å². The fourth-order valence-electron chi connectivity index (χ4n) is 4.93. The quantitative estimate of drug-likeness (QED) is 0.335. The van der Waals surface area contributed by atoms with Crippen LogP contribution in [0.15, 0.2) is 49.2 Å². The normalized spacial score (nSPS) is 18.2. The number of benzene rings is 1. The highest BCUT2D eigenvalue weighted by atomic mass is 35.5. The van der Waals surface area contributed by atoms with Gasteiger partial charge in [0.25, 0.3) is 0 Å². The minimum atomic E-state index is -0.553. The molecule has 1 aliphatic heterocycles. The molecule has 0 bridgehead atoms. The van der Waals surface area contributed by atoms with E-state index in [0.717, 1.165) is 39.5 Å². The number of amides is 1. The fourth-order valence-corrected chi connectivity index (χ4v) is 5.12. The van der Waals surface area contributed by atoms with Gasteiger partial charge in [0.15, 0.2) is 5.65 Å². The second kappa shape index (κ2) is 9.87. The van der Waals surface area contributed by atoms with Crippen LogP contribution in [0.1, 0.15) is 40.3 Å². The molecule has 4 aromatic rings. The molecule has 1 amide bonds. The Morgan fingerprint density at radius 1 is 1.05 bits per heavy atom. The van der Waals surface area contributed by atoms with E-state index < -0.39 is 5.60 Å². The van der Waals surface area contributed by atoms with Gasteiger partial charge in [-0.05, 0) is 59.7 Å². The summed E-state index contributed by atoms with van der Waals surface area (Å²) in [6, 6.07) is 7.56. The maximum Gasteiger partial charge on any atom is 0.410 e. The van der Waals surface area contributed by atoms with Crippen LogP contribution in [0, 0.1) is 6.92 Å². The summed E-state index contributed by atoms with van der Waals surface area (Å²) < 4.78 is 7.69. The second-order valence-electron chi connectivity index (χ2n) is 10.8. The van der Waals surface area contributed by atoms with Crippen LogP contribution < -0.4 is 4.90 Å². The predicted molar refractivity (Wildman–Crippen MR) is 149 cm³/mol. The Balaban J connectivity index is 1.63. The number of rotatable bonds is 3. The molecule has 5 rings (SSSR count). The number of anilines is 1. The van der Waals surface area contributed by atoms with E-state index in [2.05, 4.69) is 21.8 Å². The number of nitrogens with zero attached hydrogens (tertiary/aromatic N) is 7. The Bertz CT molecular complexity index is 1500. The summed E-state index contributed by atoms with van der Waals surface area (Å²) in [6.07, 6.45) is 6.69. The van der Waals surface area contributed by atoms with Crippen LogP contribution in [0.5, 0.6) is 0 Å². The Morgan fingerprint density at radius 3 is 2.53 bits per heavy atom. The van der Waals surface area contributed by atoms with Crippen molar-refractivity contribution >= 4 is 34.5 Å². The van der Waals surface area contributed by atoms with Crippen molar-refractivity contribution < 1.29 is 9.53 Å². The number of aryl methyl sites for hydroxylation is 1. The first-order valence-electron chi connectivity index (χ1n) is 12.7. The number of ether oxygens (including phenoxy) is 1. The number of piperazine rings is 1. The summed E-state index contributed by atoms with van der Waals surface area (Å²) >= 11 is 6.34. The fraction of sp³-hybridized carbons (Fsp3) is 0.393. The van der Waals surface area contributed by atoms with Gasteiger partial charge in [0.1, 0.15) is 17.7 Å². The van der Waals surface area contributed by atoms with Crippen molar-refractivity contribution in [3.63, 3.8) is 0 Å². The van der Waals surface area contributed by atoms with Gasteiger partial charge < -0.3 is 19.1 Å². The van der Waals surface area contributed by atoms with Gasteiger partial charge in [0, 0.05) is 60.0 Å². The summed E-state index contributed by atoms with van der Waals surface area (Å²) in [6.45, 7) is 12.8. The van der Waals surface area contributed by atoms with Crippen molar-refractivity contribution in [2.24, 2.45) is 0 Å². The van der Waals surface area contributed by atoms with Gasteiger partial charge in [-0.15, -0.1) is 0 Å². The summed E-state index contributed by atoms with van der Waals surface area (Å²) in [7, 11) is 0. The molecule has 0 spiro atoms. The minimum Gasteiger partial charge on any atom is -0.444 e. The van der Waals surface area contributed by atoms with Crippen molar-refractivity contribution in [1.29, 1.82) is 0 Å². The highest BCUT2D eigenvalue weighted by Crippen LogP contribution is 2.38. The monoisotopic (exact) mass is 533 g/mol. The van der Waals surface area contributed by atoms with Crippen molar-refractivity contribution in [1.82, 2.24) is 29.4 Å². The molecule has 4 heterocycles. The van der Waals surface area contributed by atoms with Gasteiger partial charge >= 0.3 is 6.09 Å². The number of aromatic nitrogens is 5. The number of halogens is 1. The molecule has 9 nitrogen and oxygen atoms in total. The van der Waals surface area contributed by atoms with E-state index in [1.807, 2.05) is 69.6 Å². The second-order valence-corrected chi connectivity index (χ2v) is 11.2. The van der Waals surface area contributed by atoms with Crippen LogP contribution in [0.2, 0.25) is 5.02 Å².